The first kappa shape index (κ1) is 25.0. The number of rotatable bonds is 7. The maximum atomic E-state index is 14.2. The third-order valence-electron chi connectivity index (χ3n) is 8.65. The number of morpholine rings is 1. The summed E-state index contributed by atoms with van der Waals surface area (Å²) in [6.45, 7) is 9.49. The minimum absolute atomic E-state index is 0.331. The molecule has 3 aliphatic rings. The smallest absolute Gasteiger partial charge is 0.242 e. The maximum absolute atomic E-state index is 14.2. The molecule has 3 atom stereocenters. The molecular formula is C29H46FNO2. The first-order valence-electron chi connectivity index (χ1n) is 13.6. The predicted octanol–water partition coefficient (Wildman–Crippen LogP) is 7.50. The highest BCUT2D eigenvalue weighted by Crippen LogP contribution is 2.51. The van der Waals surface area contributed by atoms with Crippen LogP contribution in [0.25, 0.3) is 0 Å². The maximum Gasteiger partial charge on any atom is 0.242 e. The standard InChI is InChI=1S/C29H46FNO2/c1-28(2,30)33-26-12-8-10-24(22-26)27(29(3)15-5-4-6-16-29)21-23-9-7-11-25(14-13-23)31-17-19-32-20-18-31/h8,10,12,22-23,25,27H,4-7,9,11,13-21H2,1-3H3. The molecule has 0 aromatic heterocycles. The van der Waals surface area contributed by atoms with Crippen molar-refractivity contribution < 1.29 is 13.9 Å². The van der Waals surface area contributed by atoms with Crippen molar-refractivity contribution in [3.8, 4) is 5.75 Å². The quantitative estimate of drug-likeness (QED) is 0.394. The zero-order valence-electron chi connectivity index (χ0n) is 21.3. The number of alkyl halides is 1. The summed E-state index contributed by atoms with van der Waals surface area (Å²) in [5, 5.41) is 0. The van der Waals surface area contributed by atoms with Crippen LogP contribution < -0.4 is 4.74 Å². The molecule has 3 fully saturated rings. The van der Waals surface area contributed by atoms with Crippen molar-refractivity contribution in [3.63, 3.8) is 0 Å². The molecule has 3 nitrogen and oxygen atoms in total. The van der Waals surface area contributed by atoms with Crippen LogP contribution >= 0.6 is 0 Å². The van der Waals surface area contributed by atoms with Crippen LogP contribution in [-0.4, -0.2) is 43.1 Å². The second-order valence-electron chi connectivity index (χ2n) is 11.7. The number of nitrogens with zero attached hydrogens (tertiary/aromatic N) is 1. The van der Waals surface area contributed by atoms with Crippen molar-refractivity contribution in [2.75, 3.05) is 26.3 Å². The predicted molar refractivity (Wildman–Crippen MR) is 134 cm³/mol. The number of hydrogen-bond donors (Lipinski definition) is 0. The van der Waals surface area contributed by atoms with Gasteiger partial charge in [-0.1, -0.05) is 51.2 Å². The molecule has 4 heteroatoms. The molecule has 1 saturated heterocycles. The molecule has 186 valence electrons. The van der Waals surface area contributed by atoms with E-state index >= 15 is 0 Å². The van der Waals surface area contributed by atoms with E-state index in [-0.39, 0.29) is 0 Å². The lowest BCUT2D eigenvalue weighted by atomic mass is 9.62. The van der Waals surface area contributed by atoms with Gasteiger partial charge in [0.2, 0.25) is 5.85 Å². The van der Waals surface area contributed by atoms with Crippen LogP contribution in [0.5, 0.6) is 5.75 Å². The molecule has 1 heterocycles. The third-order valence-corrected chi connectivity index (χ3v) is 8.65. The highest BCUT2D eigenvalue weighted by molar-refractivity contribution is 5.32. The van der Waals surface area contributed by atoms with Gasteiger partial charge >= 0.3 is 0 Å². The Hall–Kier alpha value is -1.13. The van der Waals surface area contributed by atoms with Crippen molar-refractivity contribution >= 4 is 0 Å². The zero-order valence-corrected chi connectivity index (χ0v) is 21.3. The Morgan fingerprint density at radius 1 is 1.06 bits per heavy atom. The first-order valence-corrected chi connectivity index (χ1v) is 13.6. The molecule has 0 amide bonds. The Balaban J connectivity index is 1.49. The van der Waals surface area contributed by atoms with E-state index in [0.29, 0.717) is 17.1 Å². The molecule has 1 aromatic rings. The van der Waals surface area contributed by atoms with Gasteiger partial charge in [0.1, 0.15) is 5.75 Å². The largest absolute Gasteiger partial charge is 0.459 e. The highest BCUT2D eigenvalue weighted by Gasteiger charge is 2.38. The molecular weight excluding hydrogens is 413 g/mol. The van der Waals surface area contributed by atoms with Crippen molar-refractivity contribution in [2.45, 2.75) is 109 Å². The van der Waals surface area contributed by atoms with Crippen LogP contribution in [0.15, 0.2) is 24.3 Å². The second kappa shape index (κ2) is 11.1. The first-order chi connectivity index (χ1) is 15.8. The Bertz CT molecular complexity index is 733. The minimum Gasteiger partial charge on any atom is -0.459 e. The van der Waals surface area contributed by atoms with E-state index < -0.39 is 5.85 Å². The van der Waals surface area contributed by atoms with E-state index in [4.69, 9.17) is 9.47 Å². The second-order valence-corrected chi connectivity index (χ2v) is 11.7. The van der Waals surface area contributed by atoms with Crippen LogP contribution in [0, 0.1) is 11.3 Å². The van der Waals surface area contributed by atoms with E-state index in [1.165, 1.54) is 90.0 Å². The van der Waals surface area contributed by atoms with E-state index in [1.807, 2.05) is 6.07 Å². The molecule has 0 bridgehead atoms. The van der Waals surface area contributed by atoms with Gasteiger partial charge in [-0.2, -0.15) is 4.39 Å². The van der Waals surface area contributed by atoms with Crippen molar-refractivity contribution in [1.29, 1.82) is 0 Å². The van der Waals surface area contributed by atoms with E-state index in [9.17, 15) is 4.39 Å². The molecule has 0 spiro atoms. The monoisotopic (exact) mass is 459 g/mol. The summed E-state index contributed by atoms with van der Waals surface area (Å²) in [5.41, 5.74) is 1.69. The topological polar surface area (TPSA) is 21.7 Å². The number of ether oxygens (including phenoxy) is 2. The number of hydrogen-bond acceptors (Lipinski definition) is 3. The molecule has 2 aliphatic carbocycles. The van der Waals surface area contributed by atoms with Crippen LogP contribution in [-0.2, 0) is 4.74 Å². The van der Waals surface area contributed by atoms with Gasteiger partial charge in [-0.05, 0) is 73.5 Å². The van der Waals surface area contributed by atoms with Gasteiger partial charge in [0, 0.05) is 33.0 Å². The van der Waals surface area contributed by atoms with Crippen LogP contribution in [0.2, 0.25) is 0 Å². The molecule has 1 aromatic carbocycles. The molecule has 1 aliphatic heterocycles. The van der Waals surface area contributed by atoms with Gasteiger partial charge in [0.25, 0.3) is 0 Å². The van der Waals surface area contributed by atoms with E-state index in [1.54, 1.807) is 0 Å². The van der Waals surface area contributed by atoms with Crippen LogP contribution in [0.3, 0.4) is 0 Å². The van der Waals surface area contributed by atoms with Crippen molar-refractivity contribution in [1.82, 2.24) is 4.90 Å². The lowest BCUT2D eigenvalue weighted by molar-refractivity contribution is -0.0258. The molecule has 3 unspecified atom stereocenters. The number of halogens is 1. The van der Waals surface area contributed by atoms with E-state index in [2.05, 4.69) is 30.0 Å². The summed E-state index contributed by atoms with van der Waals surface area (Å²) in [4.78, 5) is 2.69. The number of benzene rings is 1. The SMILES string of the molecule is CC(C)(F)Oc1cccc(C(CC2CCCC(N3CCOCC3)CC2)C2(C)CCCCC2)c1. The lowest BCUT2D eigenvalue weighted by Gasteiger charge is -2.43. The fraction of sp³-hybridized carbons (Fsp3) is 0.793. The Labute approximate surface area is 201 Å². The van der Waals surface area contributed by atoms with Gasteiger partial charge in [0.15, 0.2) is 0 Å². The molecule has 0 N–H and O–H groups in total. The zero-order chi connectivity index (χ0) is 23.3. The van der Waals surface area contributed by atoms with Crippen molar-refractivity contribution in [2.24, 2.45) is 11.3 Å². The normalized spacial score (nSPS) is 28.1. The summed E-state index contributed by atoms with van der Waals surface area (Å²) in [5.74, 6) is 0.312. The molecule has 33 heavy (non-hydrogen) atoms. The lowest BCUT2D eigenvalue weighted by Crippen LogP contribution is -2.43. The Morgan fingerprint density at radius 3 is 2.55 bits per heavy atom. The van der Waals surface area contributed by atoms with Crippen molar-refractivity contribution in [3.05, 3.63) is 29.8 Å². The summed E-state index contributed by atoms with van der Waals surface area (Å²) in [6.07, 6.45) is 14.6. The fourth-order valence-corrected chi connectivity index (χ4v) is 6.84. The average Bonchev–Trinajstić information content (AvgIpc) is 3.03. The summed E-state index contributed by atoms with van der Waals surface area (Å²) < 4.78 is 25.4. The fourth-order valence-electron chi connectivity index (χ4n) is 6.84. The van der Waals surface area contributed by atoms with Gasteiger partial charge in [-0.25, -0.2) is 0 Å². The molecule has 2 saturated carbocycles. The summed E-state index contributed by atoms with van der Waals surface area (Å²) in [7, 11) is 0. The minimum atomic E-state index is -1.65. The summed E-state index contributed by atoms with van der Waals surface area (Å²) >= 11 is 0. The van der Waals surface area contributed by atoms with Crippen LogP contribution in [0.1, 0.15) is 103 Å². The Kier molecular flexibility index (Phi) is 8.38. The average molecular weight is 460 g/mol. The third kappa shape index (κ3) is 6.94. The van der Waals surface area contributed by atoms with Gasteiger partial charge < -0.3 is 9.47 Å². The Morgan fingerprint density at radius 2 is 1.82 bits per heavy atom. The van der Waals surface area contributed by atoms with Gasteiger partial charge in [-0.3, -0.25) is 4.90 Å². The highest BCUT2D eigenvalue weighted by atomic mass is 19.2. The van der Waals surface area contributed by atoms with Gasteiger partial charge in [-0.15, -0.1) is 0 Å². The van der Waals surface area contributed by atoms with E-state index in [0.717, 1.165) is 38.3 Å². The summed E-state index contributed by atoms with van der Waals surface area (Å²) in [6, 6.07) is 9.13. The van der Waals surface area contributed by atoms with Crippen LogP contribution in [0.4, 0.5) is 4.39 Å². The van der Waals surface area contributed by atoms with Gasteiger partial charge in [0.05, 0.1) is 13.2 Å². The molecule has 4 rings (SSSR count). The molecule has 0 radical (unpaired) electrons.